The largest absolute Gasteiger partial charge is 0.480 e. The van der Waals surface area contributed by atoms with Crippen LogP contribution in [0, 0.1) is 5.92 Å². The van der Waals surface area contributed by atoms with Crippen molar-refractivity contribution in [3.8, 4) is 0 Å². The first-order chi connectivity index (χ1) is 9.97. The van der Waals surface area contributed by atoms with Crippen molar-refractivity contribution in [3.05, 3.63) is 35.9 Å². The van der Waals surface area contributed by atoms with Crippen LogP contribution in [0.3, 0.4) is 0 Å². The minimum Gasteiger partial charge on any atom is -0.480 e. The van der Waals surface area contributed by atoms with Crippen LogP contribution >= 0.6 is 0 Å². The number of aliphatic carboxylic acids is 1. The van der Waals surface area contributed by atoms with E-state index in [1.54, 1.807) is 4.90 Å². The fourth-order valence-electron chi connectivity index (χ4n) is 2.86. The highest BCUT2D eigenvalue weighted by Crippen LogP contribution is 2.22. The molecule has 2 amide bonds. The lowest BCUT2D eigenvalue weighted by molar-refractivity contribution is -0.139. The Morgan fingerprint density at radius 1 is 1.33 bits per heavy atom. The second kappa shape index (κ2) is 6.61. The second-order valence-electron chi connectivity index (χ2n) is 5.87. The number of carbonyl (C=O) groups is 2. The van der Waals surface area contributed by atoms with E-state index in [0.29, 0.717) is 18.9 Å². The number of benzene rings is 1. The molecule has 3 atom stereocenters. The van der Waals surface area contributed by atoms with Gasteiger partial charge in [0.1, 0.15) is 6.04 Å². The molecule has 2 N–H and O–H groups in total. The Labute approximate surface area is 125 Å². The molecule has 1 heterocycles. The van der Waals surface area contributed by atoms with Gasteiger partial charge < -0.3 is 15.3 Å². The average Bonchev–Trinajstić information content (AvgIpc) is 2.78. The number of likely N-dealkylation sites (tertiary alicyclic amines) is 1. The van der Waals surface area contributed by atoms with Crippen molar-refractivity contribution in [1.82, 2.24) is 10.2 Å². The van der Waals surface area contributed by atoms with E-state index in [1.807, 2.05) is 37.3 Å². The monoisotopic (exact) mass is 290 g/mol. The van der Waals surface area contributed by atoms with Gasteiger partial charge in [-0.2, -0.15) is 0 Å². The molecule has 3 unspecified atom stereocenters. The van der Waals surface area contributed by atoms with E-state index in [9.17, 15) is 14.7 Å². The van der Waals surface area contributed by atoms with Crippen LogP contribution in [0.25, 0.3) is 0 Å². The van der Waals surface area contributed by atoms with Crippen LogP contribution in [-0.4, -0.2) is 40.6 Å². The summed E-state index contributed by atoms with van der Waals surface area (Å²) in [7, 11) is 0. The summed E-state index contributed by atoms with van der Waals surface area (Å²) in [5.74, 6) is -0.546. The molecule has 0 aliphatic carbocycles. The molecule has 1 saturated heterocycles. The van der Waals surface area contributed by atoms with Crippen molar-refractivity contribution in [3.63, 3.8) is 0 Å². The maximum Gasteiger partial charge on any atom is 0.326 e. The molecule has 0 radical (unpaired) electrons. The summed E-state index contributed by atoms with van der Waals surface area (Å²) in [6, 6.07) is 8.31. The molecule has 1 aromatic rings. The van der Waals surface area contributed by atoms with Gasteiger partial charge in [0.15, 0.2) is 0 Å². The maximum absolute atomic E-state index is 12.3. The Bertz CT molecular complexity index is 504. The zero-order valence-electron chi connectivity index (χ0n) is 12.5. The molecule has 0 aromatic heterocycles. The quantitative estimate of drug-likeness (QED) is 0.892. The molecule has 1 fully saturated rings. The summed E-state index contributed by atoms with van der Waals surface area (Å²) in [4.78, 5) is 25.4. The maximum atomic E-state index is 12.3. The first-order valence-corrected chi connectivity index (χ1v) is 7.31. The van der Waals surface area contributed by atoms with Gasteiger partial charge in [-0.05, 0) is 24.8 Å². The van der Waals surface area contributed by atoms with Crippen molar-refractivity contribution in [1.29, 1.82) is 0 Å². The van der Waals surface area contributed by atoms with Crippen molar-refractivity contribution in [2.45, 2.75) is 38.8 Å². The highest BCUT2D eigenvalue weighted by atomic mass is 16.4. The van der Waals surface area contributed by atoms with Gasteiger partial charge in [0.2, 0.25) is 0 Å². The Morgan fingerprint density at radius 3 is 2.52 bits per heavy atom. The predicted molar refractivity (Wildman–Crippen MR) is 80.1 cm³/mol. The van der Waals surface area contributed by atoms with Gasteiger partial charge in [-0.3, -0.25) is 0 Å². The van der Waals surface area contributed by atoms with Gasteiger partial charge in [-0.1, -0.05) is 37.3 Å². The SMILES string of the molecule is CC1CC(C)N(C(=O)NC(Cc2ccccc2)C(=O)O)C1. The molecule has 21 heavy (non-hydrogen) atoms. The molecule has 114 valence electrons. The number of nitrogens with one attached hydrogen (secondary N) is 1. The molecule has 1 aliphatic heterocycles. The molecule has 0 bridgehead atoms. The normalized spacial score (nSPS) is 22.9. The lowest BCUT2D eigenvalue weighted by atomic mass is 10.1. The molecule has 0 spiro atoms. The Kier molecular flexibility index (Phi) is 4.83. The first-order valence-electron chi connectivity index (χ1n) is 7.31. The molecule has 1 aromatic carbocycles. The first kappa shape index (κ1) is 15.4. The second-order valence-corrected chi connectivity index (χ2v) is 5.87. The van der Waals surface area contributed by atoms with Gasteiger partial charge >= 0.3 is 12.0 Å². The molecule has 5 heteroatoms. The van der Waals surface area contributed by atoms with Gasteiger partial charge in [0.05, 0.1) is 0 Å². The van der Waals surface area contributed by atoms with Gasteiger partial charge in [-0.25, -0.2) is 9.59 Å². The summed E-state index contributed by atoms with van der Waals surface area (Å²) in [6.45, 7) is 4.78. The molecule has 5 nitrogen and oxygen atoms in total. The number of carboxylic acid groups (broad SMARTS) is 1. The topological polar surface area (TPSA) is 69.6 Å². The van der Waals surface area contributed by atoms with E-state index in [1.165, 1.54) is 0 Å². The van der Waals surface area contributed by atoms with Crippen LogP contribution in [0.2, 0.25) is 0 Å². The zero-order chi connectivity index (χ0) is 15.4. The van der Waals surface area contributed by atoms with Crippen molar-refractivity contribution < 1.29 is 14.7 Å². The molecule has 0 saturated carbocycles. The van der Waals surface area contributed by atoms with E-state index in [0.717, 1.165) is 12.0 Å². The lowest BCUT2D eigenvalue weighted by Gasteiger charge is -2.24. The van der Waals surface area contributed by atoms with E-state index < -0.39 is 12.0 Å². The summed E-state index contributed by atoms with van der Waals surface area (Å²) in [5.41, 5.74) is 0.896. The smallest absolute Gasteiger partial charge is 0.326 e. The van der Waals surface area contributed by atoms with Gasteiger partial charge in [-0.15, -0.1) is 0 Å². The van der Waals surface area contributed by atoms with Crippen LogP contribution in [0.4, 0.5) is 4.79 Å². The summed E-state index contributed by atoms with van der Waals surface area (Å²) >= 11 is 0. The molecule has 1 aliphatic rings. The number of carboxylic acids is 1. The Hall–Kier alpha value is -2.04. The minimum absolute atomic E-state index is 0.158. The van der Waals surface area contributed by atoms with Crippen molar-refractivity contribution >= 4 is 12.0 Å². The van der Waals surface area contributed by atoms with E-state index in [2.05, 4.69) is 12.2 Å². The third kappa shape index (κ3) is 3.97. The van der Waals surface area contributed by atoms with Crippen LogP contribution in [0.5, 0.6) is 0 Å². The van der Waals surface area contributed by atoms with Crippen LogP contribution < -0.4 is 5.32 Å². The van der Waals surface area contributed by atoms with Crippen LogP contribution in [0.1, 0.15) is 25.8 Å². The third-order valence-electron chi connectivity index (χ3n) is 3.92. The van der Waals surface area contributed by atoms with E-state index in [4.69, 9.17) is 0 Å². The fourth-order valence-corrected chi connectivity index (χ4v) is 2.86. The standard InChI is InChI=1S/C16H22N2O3/c1-11-8-12(2)18(10-11)16(21)17-14(15(19)20)9-13-6-4-3-5-7-13/h3-7,11-12,14H,8-10H2,1-2H3,(H,17,21)(H,19,20). The van der Waals surface area contributed by atoms with Crippen molar-refractivity contribution in [2.75, 3.05) is 6.54 Å². The van der Waals surface area contributed by atoms with E-state index in [-0.39, 0.29) is 12.1 Å². The zero-order valence-corrected chi connectivity index (χ0v) is 12.5. The number of nitrogens with zero attached hydrogens (tertiary/aromatic N) is 1. The minimum atomic E-state index is -1.01. The highest BCUT2D eigenvalue weighted by molar-refractivity contribution is 5.83. The molecule has 2 rings (SSSR count). The molecular weight excluding hydrogens is 268 g/mol. The summed E-state index contributed by atoms with van der Waals surface area (Å²) in [5, 5.41) is 12.0. The Morgan fingerprint density at radius 2 is 2.00 bits per heavy atom. The number of hydrogen-bond donors (Lipinski definition) is 2. The predicted octanol–water partition coefficient (Wildman–Crippen LogP) is 2.12. The Balaban J connectivity index is 2.00. The third-order valence-corrected chi connectivity index (χ3v) is 3.92. The number of amides is 2. The van der Waals surface area contributed by atoms with Crippen LogP contribution in [0.15, 0.2) is 30.3 Å². The number of urea groups is 1. The highest BCUT2D eigenvalue weighted by Gasteiger charge is 2.32. The van der Waals surface area contributed by atoms with E-state index >= 15 is 0 Å². The van der Waals surface area contributed by atoms with Crippen LogP contribution in [-0.2, 0) is 11.2 Å². The molecular formula is C16H22N2O3. The average molecular weight is 290 g/mol. The number of hydrogen-bond acceptors (Lipinski definition) is 2. The summed E-state index contributed by atoms with van der Waals surface area (Å²) < 4.78 is 0. The number of rotatable bonds is 4. The van der Waals surface area contributed by atoms with Crippen molar-refractivity contribution in [2.24, 2.45) is 5.92 Å². The number of carbonyl (C=O) groups excluding carboxylic acids is 1. The van der Waals surface area contributed by atoms with Gasteiger partial charge in [0.25, 0.3) is 0 Å². The summed E-state index contributed by atoms with van der Waals surface area (Å²) in [6.07, 6.45) is 1.25. The lowest BCUT2D eigenvalue weighted by Crippen LogP contribution is -2.49. The fraction of sp³-hybridized carbons (Fsp3) is 0.500. The van der Waals surface area contributed by atoms with Gasteiger partial charge in [0, 0.05) is 19.0 Å².